The smallest absolute Gasteiger partial charge is 0.273 e. The van der Waals surface area contributed by atoms with E-state index in [1.165, 1.54) is 12.1 Å². The van der Waals surface area contributed by atoms with E-state index in [9.17, 15) is 13.2 Å². The lowest BCUT2D eigenvalue weighted by molar-refractivity contribution is 0.0949. The normalized spacial score (nSPS) is 11.2. The lowest BCUT2D eigenvalue weighted by Gasteiger charge is -2.06. The molecule has 6 nitrogen and oxygen atoms in total. The second-order valence-corrected chi connectivity index (χ2v) is 6.19. The Kier molecular flexibility index (Phi) is 3.93. The molecule has 1 aromatic carbocycles. The summed E-state index contributed by atoms with van der Waals surface area (Å²) < 4.78 is 27.6. The number of benzene rings is 1. The molecule has 0 fully saturated rings. The van der Waals surface area contributed by atoms with Gasteiger partial charge in [-0.1, -0.05) is 18.2 Å². The Morgan fingerprint density at radius 2 is 1.95 bits per heavy atom. The van der Waals surface area contributed by atoms with E-state index < -0.39 is 15.9 Å². The molecule has 0 aliphatic carbocycles. The van der Waals surface area contributed by atoms with Crippen molar-refractivity contribution < 1.29 is 13.2 Å². The minimum absolute atomic E-state index is 0.0794. The molecule has 0 saturated carbocycles. The van der Waals surface area contributed by atoms with Crippen molar-refractivity contribution in [1.82, 2.24) is 14.6 Å². The van der Waals surface area contributed by atoms with E-state index in [4.69, 9.17) is 0 Å². The highest BCUT2D eigenvalue weighted by molar-refractivity contribution is 7.89. The van der Waals surface area contributed by atoms with Crippen molar-refractivity contribution in [2.45, 2.75) is 11.8 Å². The Bertz CT molecular complexity index is 680. The topological polar surface area (TPSA) is 88.2 Å². The fourth-order valence-corrected chi connectivity index (χ4v) is 2.82. The third-order valence-electron chi connectivity index (χ3n) is 2.20. The molecule has 100 valence electrons. The summed E-state index contributed by atoms with van der Waals surface area (Å²) in [6.45, 7) is 1.75. The number of nitrogens with one attached hydrogen (secondary N) is 2. The number of amides is 1. The minimum Gasteiger partial charge on any atom is -0.273 e. The van der Waals surface area contributed by atoms with Crippen LogP contribution >= 0.6 is 11.5 Å². The van der Waals surface area contributed by atoms with Gasteiger partial charge in [-0.2, -0.15) is 4.37 Å². The van der Waals surface area contributed by atoms with Crippen LogP contribution in [0.25, 0.3) is 0 Å². The fraction of sp³-hybridized carbons (Fsp3) is 0.0909. The average Bonchev–Trinajstić information content (AvgIpc) is 2.84. The van der Waals surface area contributed by atoms with E-state index in [1.807, 2.05) is 4.83 Å². The molecule has 0 spiro atoms. The zero-order valence-corrected chi connectivity index (χ0v) is 11.6. The SMILES string of the molecule is Cc1cc(C(=O)NNS(=O)(=O)c2ccccc2)sn1. The largest absolute Gasteiger partial charge is 0.277 e. The van der Waals surface area contributed by atoms with Gasteiger partial charge in [-0.15, -0.1) is 4.83 Å². The summed E-state index contributed by atoms with van der Waals surface area (Å²) in [5, 5.41) is 0. The zero-order chi connectivity index (χ0) is 13.9. The quantitative estimate of drug-likeness (QED) is 0.826. The van der Waals surface area contributed by atoms with Crippen molar-refractivity contribution in [3.63, 3.8) is 0 Å². The van der Waals surface area contributed by atoms with Crippen LogP contribution in [0.3, 0.4) is 0 Å². The molecule has 8 heteroatoms. The van der Waals surface area contributed by atoms with E-state index in [-0.39, 0.29) is 4.90 Å². The molecule has 0 saturated heterocycles. The van der Waals surface area contributed by atoms with Crippen LogP contribution in [0.5, 0.6) is 0 Å². The Balaban J connectivity index is 2.05. The van der Waals surface area contributed by atoms with Crippen molar-refractivity contribution in [3.05, 3.63) is 47.0 Å². The number of hydrazine groups is 1. The van der Waals surface area contributed by atoms with E-state index in [2.05, 4.69) is 9.80 Å². The predicted octanol–water partition coefficient (Wildman–Crippen LogP) is 1.07. The van der Waals surface area contributed by atoms with Gasteiger partial charge in [0.25, 0.3) is 15.9 Å². The molecule has 0 bridgehead atoms. The predicted molar refractivity (Wildman–Crippen MR) is 71.1 cm³/mol. The summed E-state index contributed by atoms with van der Waals surface area (Å²) in [5.41, 5.74) is 2.85. The first-order chi connectivity index (χ1) is 8.99. The number of aromatic nitrogens is 1. The lowest BCUT2D eigenvalue weighted by Crippen LogP contribution is -2.41. The molecule has 0 radical (unpaired) electrons. The lowest BCUT2D eigenvalue weighted by atomic mass is 10.4. The third-order valence-corrected chi connectivity index (χ3v) is 4.35. The summed E-state index contributed by atoms with van der Waals surface area (Å²) in [4.78, 5) is 14.1. The van der Waals surface area contributed by atoms with Gasteiger partial charge in [0.2, 0.25) is 0 Å². The Morgan fingerprint density at radius 1 is 1.26 bits per heavy atom. The van der Waals surface area contributed by atoms with Crippen molar-refractivity contribution in [1.29, 1.82) is 0 Å². The molecule has 2 N–H and O–H groups in total. The summed E-state index contributed by atoms with van der Waals surface area (Å²) in [6, 6.07) is 9.36. The van der Waals surface area contributed by atoms with Gasteiger partial charge in [0.15, 0.2) is 0 Å². The number of rotatable bonds is 4. The van der Waals surface area contributed by atoms with Crippen LogP contribution in [0, 0.1) is 6.92 Å². The summed E-state index contributed by atoms with van der Waals surface area (Å²) in [5.74, 6) is -0.537. The second-order valence-electron chi connectivity index (χ2n) is 3.71. The number of aryl methyl sites for hydroxylation is 1. The Morgan fingerprint density at radius 3 is 2.53 bits per heavy atom. The highest BCUT2D eigenvalue weighted by atomic mass is 32.2. The van der Waals surface area contributed by atoms with Gasteiger partial charge in [0.05, 0.1) is 10.6 Å². The van der Waals surface area contributed by atoms with Crippen LogP contribution in [0.2, 0.25) is 0 Å². The second kappa shape index (κ2) is 5.47. The number of hydrogen-bond donors (Lipinski definition) is 2. The highest BCUT2D eigenvalue weighted by Gasteiger charge is 2.16. The summed E-state index contributed by atoms with van der Waals surface area (Å²) in [7, 11) is -3.75. The maximum atomic E-state index is 11.8. The number of sulfonamides is 1. The first-order valence-electron chi connectivity index (χ1n) is 5.29. The summed E-state index contributed by atoms with van der Waals surface area (Å²) in [6.07, 6.45) is 0. The van der Waals surface area contributed by atoms with Gasteiger partial charge >= 0.3 is 0 Å². The van der Waals surface area contributed by atoms with Crippen LogP contribution in [-0.4, -0.2) is 18.7 Å². The molecule has 0 unspecified atom stereocenters. The van der Waals surface area contributed by atoms with Gasteiger partial charge in [0, 0.05) is 0 Å². The molecular weight excluding hydrogens is 286 g/mol. The molecule has 19 heavy (non-hydrogen) atoms. The highest BCUT2D eigenvalue weighted by Crippen LogP contribution is 2.09. The van der Waals surface area contributed by atoms with Crippen molar-refractivity contribution in [3.8, 4) is 0 Å². The number of carbonyl (C=O) groups excluding carboxylic acids is 1. The van der Waals surface area contributed by atoms with Gasteiger partial charge in [-0.25, -0.2) is 8.42 Å². The van der Waals surface area contributed by atoms with E-state index in [0.717, 1.165) is 11.5 Å². The van der Waals surface area contributed by atoms with Crippen molar-refractivity contribution in [2.75, 3.05) is 0 Å². The van der Waals surface area contributed by atoms with Gasteiger partial charge in [-0.3, -0.25) is 10.2 Å². The maximum Gasteiger partial charge on any atom is 0.277 e. The van der Waals surface area contributed by atoms with Crippen molar-refractivity contribution >= 4 is 27.5 Å². The third kappa shape index (κ3) is 3.37. The first-order valence-corrected chi connectivity index (χ1v) is 7.55. The average molecular weight is 297 g/mol. The summed E-state index contributed by atoms with van der Waals surface area (Å²) >= 11 is 1.01. The van der Waals surface area contributed by atoms with E-state index >= 15 is 0 Å². The van der Waals surface area contributed by atoms with Crippen LogP contribution in [-0.2, 0) is 10.0 Å². The monoisotopic (exact) mass is 297 g/mol. The number of hydrogen-bond acceptors (Lipinski definition) is 5. The molecule has 1 aromatic heterocycles. The number of carbonyl (C=O) groups is 1. The molecule has 1 heterocycles. The van der Waals surface area contributed by atoms with Gasteiger partial charge < -0.3 is 0 Å². The fourth-order valence-electron chi connectivity index (χ4n) is 1.30. The van der Waals surface area contributed by atoms with E-state index in [0.29, 0.717) is 10.6 Å². The van der Waals surface area contributed by atoms with Crippen molar-refractivity contribution in [2.24, 2.45) is 0 Å². The van der Waals surface area contributed by atoms with Crippen LogP contribution in [0.4, 0.5) is 0 Å². The van der Waals surface area contributed by atoms with Crippen LogP contribution in [0.15, 0.2) is 41.3 Å². The van der Waals surface area contributed by atoms with Crippen LogP contribution in [0.1, 0.15) is 15.4 Å². The Hall–Kier alpha value is -1.77. The maximum absolute atomic E-state index is 11.8. The van der Waals surface area contributed by atoms with E-state index in [1.54, 1.807) is 31.2 Å². The first kappa shape index (κ1) is 13.7. The molecular formula is C11H11N3O3S2. The zero-order valence-electron chi connectivity index (χ0n) is 9.95. The molecule has 0 aliphatic rings. The molecule has 2 rings (SSSR count). The Labute approximate surface area is 114 Å². The molecule has 2 aromatic rings. The molecule has 0 aliphatic heterocycles. The molecule has 0 atom stereocenters. The minimum atomic E-state index is -3.75. The molecule has 1 amide bonds. The van der Waals surface area contributed by atoms with Gasteiger partial charge in [0.1, 0.15) is 4.88 Å². The number of nitrogens with zero attached hydrogens (tertiary/aromatic N) is 1. The van der Waals surface area contributed by atoms with Crippen LogP contribution < -0.4 is 10.3 Å². The van der Waals surface area contributed by atoms with Gasteiger partial charge in [-0.05, 0) is 36.7 Å². The standard InChI is InChI=1S/C11H11N3O3S2/c1-8-7-10(18-13-8)11(15)12-14-19(16,17)9-5-3-2-4-6-9/h2-7,14H,1H3,(H,12,15).